The molecule has 2 heterocycles. The average Bonchev–Trinajstić information content (AvgIpc) is 3.43. The van der Waals surface area contributed by atoms with Gasteiger partial charge in [0.15, 0.2) is 11.5 Å². The number of rotatable bonds is 6. The Morgan fingerprint density at radius 1 is 0.971 bits per heavy atom. The van der Waals surface area contributed by atoms with Crippen LogP contribution in [0.1, 0.15) is 20.8 Å². The van der Waals surface area contributed by atoms with Crippen molar-refractivity contribution in [3.63, 3.8) is 0 Å². The lowest BCUT2D eigenvalue weighted by atomic mass is 10.1. The molecule has 172 valence electrons. The van der Waals surface area contributed by atoms with E-state index < -0.39 is 15.6 Å². The number of benzene rings is 3. The Balaban J connectivity index is 1.64. The lowest BCUT2D eigenvalue weighted by Gasteiger charge is -2.10. The van der Waals surface area contributed by atoms with Crippen molar-refractivity contribution in [2.24, 2.45) is 0 Å². The van der Waals surface area contributed by atoms with Crippen molar-refractivity contribution >= 4 is 43.3 Å². The van der Waals surface area contributed by atoms with Gasteiger partial charge in [-0.25, -0.2) is 8.42 Å². The molecular formula is C25H20N2O5S2. The summed E-state index contributed by atoms with van der Waals surface area (Å²) in [6, 6.07) is 20.4. The fourth-order valence-corrected chi connectivity index (χ4v) is 6.54. The first-order valence-electron chi connectivity index (χ1n) is 10.3. The maximum atomic E-state index is 13.6. The number of aryl methyl sites for hydroxylation is 1. The molecular weight excluding hydrogens is 472 g/mol. The van der Waals surface area contributed by atoms with Crippen LogP contribution in [-0.2, 0) is 9.84 Å². The van der Waals surface area contributed by atoms with Crippen molar-refractivity contribution in [1.82, 2.24) is 0 Å². The van der Waals surface area contributed by atoms with Gasteiger partial charge in [-0.1, -0.05) is 35.9 Å². The lowest BCUT2D eigenvalue weighted by molar-refractivity contribution is 0.104. The van der Waals surface area contributed by atoms with Gasteiger partial charge in [0.05, 0.1) is 10.6 Å². The summed E-state index contributed by atoms with van der Waals surface area (Å²) >= 11 is 1.00. The van der Waals surface area contributed by atoms with Gasteiger partial charge in [0.25, 0.3) is 0 Å². The van der Waals surface area contributed by atoms with Crippen LogP contribution >= 0.6 is 11.3 Å². The SMILES string of the molecule is Cc1ccc(S(=O)(=O)c2c(Nc3ccccc3)sc(C(=O)c3ccc4c(c3)OCO4)c2N)cc1. The molecule has 0 saturated heterocycles. The number of para-hydroxylation sites is 1. The standard InChI is InChI=1S/C25H20N2O5S2/c1-15-7-10-18(11-8-15)34(29,30)24-21(26)23(33-25(24)27-17-5-3-2-4-6-17)22(28)16-9-12-19-20(13-16)32-14-31-19/h2-13,27H,14,26H2,1H3. The normalized spacial score (nSPS) is 12.5. The van der Waals surface area contributed by atoms with E-state index in [0.717, 1.165) is 16.9 Å². The van der Waals surface area contributed by atoms with Crippen LogP contribution in [0.5, 0.6) is 11.5 Å². The minimum Gasteiger partial charge on any atom is -0.454 e. The first-order chi connectivity index (χ1) is 16.3. The van der Waals surface area contributed by atoms with Crippen LogP contribution in [0.25, 0.3) is 0 Å². The van der Waals surface area contributed by atoms with E-state index in [4.69, 9.17) is 15.2 Å². The monoisotopic (exact) mass is 492 g/mol. The summed E-state index contributed by atoms with van der Waals surface area (Å²) in [4.78, 5) is 13.5. The Kier molecular flexibility index (Phi) is 5.51. The van der Waals surface area contributed by atoms with Crippen LogP contribution in [0.2, 0.25) is 0 Å². The number of hydrogen-bond acceptors (Lipinski definition) is 8. The molecule has 0 aliphatic carbocycles. The molecule has 7 nitrogen and oxygen atoms in total. The molecule has 0 bridgehead atoms. The number of nitrogens with one attached hydrogen (secondary N) is 1. The van der Waals surface area contributed by atoms with Gasteiger partial charge in [0.1, 0.15) is 14.8 Å². The third-order valence-electron chi connectivity index (χ3n) is 5.37. The number of sulfone groups is 1. The molecule has 9 heteroatoms. The summed E-state index contributed by atoms with van der Waals surface area (Å²) in [6.45, 7) is 1.96. The zero-order valence-electron chi connectivity index (χ0n) is 18.1. The Morgan fingerprint density at radius 3 is 2.41 bits per heavy atom. The van der Waals surface area contributed by atoms with E-state index in [9.17, 15) is 13.2 Å². The summed E-state index contributed by atoms with van der Waals surface area (Å²) in [5.41, 5.74) is 8.21. The molecule has 0 amide bonds. The van der Waals surface area contributed by atoms with E-state index >= 15 is 0 Å². The maximum Gasteiger partial charge on any atom is 0.231 e. The zero-order valence-corrected chi connectivity index (χ0v) is 19.7. The third kappa shape index (κ3) is 3.89. The number of ketones is 1. The highest BCUT2D eigenvalue weighted by atomic mass is 32.2. The van der Waals surface area contributed by atoms with E-state index in [2.05, 4.69) is 5.32 Å². The van der Waals surface area contributed by atoms with Gasteiger partial charge in [-0.15, -0.1) is 11.3 Å². The number of thiophene rings is 1. The second kappa shape index (κ2) is 8.51. The molecule has 34 heavy (non-hydrogen) atoms. The summed E-state index contributed by atoms with van der Waals surface area (Å²) in [7, 11) is -4.02. The van der Waals surface area contributed by atoms with E-state index in [-0.39, 0.29) is 32.1 Å². The van der Waals surface area contributed by atoms with E-state index in [1.165, 1.54) is 12.1 Å². The predicted octanol–water partition coefficient (Wildman–Crippen LogP) is 5.17. The molecule has 1 aliphatic rings. The summed E-state index contributed by atoms with van der Waals surface area (Å²) in [6.07, 6.45) is 0. The molecule has 3 aromatic carbocycles. The molecule has 1 aromatic heterocycles. The van der Waals surface area contributed by atoms with E-state index in [0.29, 0.717) is 22.7 Å². The maximum absolute atomic E-state index is 13.6. The summed E-state index contributed by atoms with van der Waals surface area (Å²) in [5.74, 6) is 0.600. The summed E-state index contributed by atoms with van der Waals surface area (Å²) < 4.78 is 38.0. The molecule has 0 fully saturated rings. The third-order valence-corrected chi connectivity index (χ3v) is 8.48. The Morgan fingerprint density at radius 2 is 1.68 bits per heavy atom. The van der Waals surface area contributed by atoms with Crippen molar-refractivity contribution in [3.05, 3.63) is 88.8 Å². The van der Waals surface area contributed by atoms with Gasteiger partial charge in [-0.3, -0.25) is 4.79 Å². The first kappa shape index (κ1) is 22.0. The van der Waals surface area contributed by atoms with Crippen molar-refractivity contribution < 1.29 is 22.7 Å². The Bertz CT molecular complexity index is 1490. The molecule has 0 atom stereocenters. The van der Waals surface area contributed by atoms with Crippen molar-refractivity contribution in [2.75, 3.05) is 17.8 Å². The molecule has 1 aliphatic heterocycles. The van der Waals surface area contributed by atoms with Crippen molar-refractivity contribution in [3.8, 4) is 11.5 Å². The molecule has 3 N–H and O–H groups in total. The van der Waals surface area contributed by atoms with E-state index in [1.807, 2.05) is 25.1 Å². The highest BCUT2D eigenvalue weighted by Crippen LogP contribution is 2.44. The highest BCUT2D eigenvalue weighted by Gasteiger charge is 2.32. The molecule has 0 radical (unpaired) electrons. The number of fused-ring (bicyclic) bond motifs is 1. The topological polar surface area (TPSA) is 108 Å². The number of nitrogen functional groups attached to an aromatic ring is 1. The molecule has 0 unspecified atom stereocenters. The second-order valence-corrected chi connectivity index (χ2v) is 10.6. The van der Waals surface area contributed by atoms with Gasteiger partial charge in [-0.2, -0.15) is 0 Å². The lowest BCUT2D eigenvalue weighted by Crippen LogP contribution is -2.08. The predicted molar refractivity (Wildman–Crippen MR) is 131 cm³/mol. The number of carbonyl (C=O) groups is 1. The van der Waals surface area contributed by atoms with Crippen LogP contribution in [0, 0.1) is 6.92 Å². The number of ether oxygens (including phenoxy) is 2. The summed E-state index contributed by atoms with van der Waals surface area (Å²) in [5, 5.41) is 3.40. The fraction of sp³-hybridized carbons (Fsp3) is 0.0800. The van der Waals surface area contributed by atoms with Crippen LogP contribution in [0.4, 0.5) is 16.4 Å². The molecule has 4 aromatic rings. The minimum absolute atomic E-state index is 0.0816. The average molecular weight is 493 g/mol. The number of anilines is 3. The molecule has 0 spiro atoms. The number of hydrogen-bond donors (Lipinski definition) is 2. The van der Waals surface area contributed by atoms with Crippen LogP contribution in [-0.4, -0.2) is 21.0 Å². The fourth-order valence-electron chi connectivity index (χ4n) is 3.60. The number of nitrogens with two attached hydrogens (primary N) is 1. The highest BCUT2D eigenvalue weighted by molar-refractivity contribution is 7.92. The molecule has 0 saturated carbocycles. The largest absolute Gasteiger partial charge is 0.454 e. The van der Waals surface area contributed by atoms with Crippen LogP contribution in [0.15, 0.2) is 82.6 Å². The van der Waals surface area contributed by atoms with Gasteiger partial charge in [-0.05, 0) is 49.4 Å². The smallest absolute Gasteiger partial charge is 0.231 e. The van der Waals surface area contributed by atoms with Gasteiger partial charge < -0.3 is 20.5 Å². The quantitative estimate of drug-likeness (QED) is 0.357. The van der Waals surface area contributed by atoms with Crippen LogP contribution < -0.4 is 20.5 Å². The Labute approximate surface area is 200 Å². The van der Waals surface area contributed by atoms with Crippen molar-refractivity contribution in [1.29, 1.82) is 0 Å². The zero-order chi connectivity index (χ0) is 23.9. The Hall–Kier alpha value is -3.82. The van der Waals surface area contributed by atoms with Gasteiger partial charge in [0, 0.05) is 11.3 Å². The minimum atomic E-state index is -4.02. The second-order valence-electron chi connectivity index (χ2n) is 7.71. The first-order valence-corrected chi connectivity index (χ1v) is 12.6. The van der Waals surface area contributed by atoms with E-state index in [1.54, 1.807) is 42.5 Å². The molecule has 5 rings (SSSR count). The van der Waals surface area contributed by atoms with Gasteiger partial charge >= 0.3 is 0 Å². The van der Waals surface area contributed by atoms with Crippen molar-refractivity contribution in [2.45, 2.75) is 16.7 Å². The van der Waals surface area contributed by atoms with Crippen LogP contribution in [0.3, 0.4) is 0 Å². The number of carbonyl (C=O) groups excluding carboxylic acids is 1. The van der Waals surface area contributed by atoms with Gasteiger partial charge in [0.2, 0.25) is 22.4 Å².